The Morgan fingerprint density at radius 2 is 1.87 bits per heavy atom. The van der Waals surface area contributed by atoms with E-state index >= 15 is 0 Å². The maximum absolute atomic E-state index is 12.7. The van der Waals surface area contributed by atoms with E-state index in [-0.39, 0.29) is 10.7 Å². The van der Waals surface area contributed by atoms with Crippen LogP contribution in [-0.4, -0.2) is 19.7 Å². The van der Waals surface area contributed by atoms with Crippen molar-refractivity contribution in [3.05, 3.63) is 29.3 Å². The second kappa shape index (κ2) is 7.58. The van der Waals surface area contributed by atoms with Gasteiger partial charge in [-0.3, -0.25) is 4.79 Å². The summed E-state index contributed by atoms with van der Waals surface area (Å²) in [6.45, 7) is 11.1. The van der Waals surface area contributed by atoms with E-state index in [1.165, 1.54) is 0 Å². The highest BCUT2D eigenvalue weighted by Gasteiger charge is 2.28. The number of aryl methyl sites for hydroxylation is 1. The Hall–Kier alpha value is -1.20. The summed E-state index contributed by atoms with van der Waals surface area (Å²) in [5, 5.41) is 0. The van der Waals surface area contributed by atoms with E-state index in [1.54, 1.807) is 39.8 Å². The van der Waals surface area contributed by atoms with Crippen molar-refractivity contribution < 1.29 is 13.2 Å². The number of benzene rings is 1. The van der Waals surface area contributed by atoms with Crippen LogP contribution >= 0.6 is 0 Å². The van der Waals surface area contributed by atoms with Crippen molar-refractivity contribution in [3.8, 4) is 0 Å². The normalized spacial score (nSPS) is 13.8. The van der Waals surface area contributed by atoms with Gasteiger partial charge in [-0.2, -0.15) is 0 Å². The lowest BCUT2D eigenvalue weighted by Gasteiger charge is -2.23. The fourth-order valence-electron chi connectivity index (χ4n) is 2.45. The molecule has 0 spiro atoms. The Morgan fingerprint density at radius 3 is 2.39 bits per heavy atom. The van der Waals surface area contributed by atoms with Crippen LogP contribution in [-0.2, 0) is 14.8 Å². The number of hydrogen-bond donors (Lipinski definition) is 1. The van der Waals surface area contributed by atoms with Gasteiger partial charge in [0, 0.05) is 17.9 Å². The Labute approximate surface area is 140 Å². The van der Waals surface area contributed by atoms with E-state index in [9.17, 15) is 13.2 Å². The van der Waals surface area contributed by atoms with Gasteiger partial charge in [-0.25, -0.2) is 13.1 Å². The maximum Gasteiger partial charge on any atom is 0.241 e. The molecule has 4 nitrogen and oxygen atoms in total. The van der Waals surface area contributed by atoms with Crippen LogP contribution in [0.3, 0.4) is 0 Å². The van der Waals surface area contributed by atoms with Gasteiger partial charge in [-0.1, -0.05) is 38.0 Å². The van der Waals surface area contributed by atoms with E-state index in [2.05, 4.69) is 4.72 Å². The first-order chi connectivity index (χ1) is 10.5. The van der Waals surface area contributed by atoms with Crippen LogP contribution in [0.4, 0.5) is 0 Å². The van der Waals surface area contributed by atoms with Crippen molar-refractivity contribution in [2.24, 2.45) is 0 Å². The van der Waals surface area contributed by atoms with Gasteiger partial charge in [0.1, 0.15) is 5.78 Å². The molecule has 1 N–H and O–H groups in total. The van der Waals surface area contributed by atoms with Crippen LogP contribution in [0.2, 0.25) is 0 Å². The molecule has 0 heterocycles. The van der Waals surface area contributed by atoms with Crippen LogP contribution < -0.4 is 4.72 Å². The van der Waals surface area contributed by atoms with Gasteiger partial charge in [0.15, 0.2) is 0 Å². The lowest BCUT2D eigenvalue weighted by Crippen LogP contribution is -2.41. The highest BCUT2D eigenvalue weighted by atomic mass is 32.2. The summed E-state index contributed by atoms with van der Waals surface area (Å²) in [6.07, 6.45) is 2.26. The van der Waals surface area contributed by atoms with E-state index in [4.69, 9.17) is 0 Å². The SMILES string of the molecule is CCCCC(=O)C(C)c1cc(C)ccc1S(=O)(=O)NC(C)(C)C. The molecule has 0 aliphatic heterocycles. The molecule has 1 unspecified atom stereocenters. The van der Waals surface area contributed by atoms with Crippen molar-refractivity contribution in [3.63, 3.8) is 0 Å². The molecule has 0 saturated heterocycles. The summed E-state index contributed by atoms with van der Waals surface area (Å²) < 4.78 is 28.1. The van der Waals surface area contributed by atoms with Crippen LogP contribution in [0.25, 0.3) is 0 Å². The standard InChI is InChI=1S/C18H29NO3S/c1-7-8-9-16(20)14(3)15-12-13(2)10-11-17(15)23(21,22)19-18(4,5)6/h10-12,14,19H,7-9H2,1-6H3. The minimum absolute atomic E-state index is 0.0876. The first-order valence-electron chi connectivity index (χ1n) is 8.15. The number of rotatable bonds is 7. The lowest BCUT2D eigenvalue weighted by molar-refractivity contribution is -0.120. The molecule has 1 rings (SSSR count). The Morgan fingerprint density at radius 1 is 1.26 bits per heavy atom. The molecule has 0 radical (unpaired) electrons. The molecule has 130 valence electrons. The molecular weight excluding hydrogens is 310 g/mol. The summed E-state index contributed by atoms with van der Waals surface area (Å²) >= 11 is 0. The van der Waals surface area contributed by atoms with Crippen molar-refractivity contribution in [1.29, 1.82) is 0 Å². The summed E-state index contributed by atoms with van der Waals surface area (Å²) in [5.41, 5.74) is 0.962. The van der Waals surface area contributed by atoms with Gasteiger partial charge in [0.2, 0.25) is 10.0 Å². The van der Waals surface area contributed by atoms with Gasteiger partial charge in [-0.05, 0) is 45.7 Å². The molecule has 1 atom stereocenters. The lowest BCUT2D eigenvalue weighted by atomic mass is 9.92. The molecule has 1 aromatic carbocycles. The largest absolute Gasteiger partial charge is 0.299 e. The van der Waals surface area contributed by atoms with Crippen molar-refractivity contribution in [2.45, 2.75) is 77.2 Å². The van der Waals surface area contributed by atoms with Gasteiger partial charge in [0.05, 0.1) is 4.90 Å². The third-order valence-corrected chi connectivity index (χ3v) is 5.45. The topological polar surface area (TPSA) is 63.2 Å². The zero-order valence-corrected chi connectivity index (χ0v) is 15.9. The molecule has 23 heavy (non-hydrogen) atoms. The molecule has 0 amide bonds. The number of ketones is 1. The predicted molar refractivity (Wildman–Crippen MR) is 94.2 cm³/mol. The fraction of sp³-hybridized carbons (Fsp3) is 0.611. The molecule has 5 heteroatoms. The molecule has 0 bridgehead atoms. The summed E-state index contributed by atoms with van der Waals surface area (Å²) in [5.74, 6) is -0.336. The zero-order valence-electron chi connectivity index (χ0n) is 15.1. The smallest absolute Gasteiger partial charge is 0.241 e. The van der Waals surface area contributed by atoms with E-state index in [1.807, 2.05) is 19.9 Å². The molecule has 0 aromatic heterocycles. The quantitative estimate of drug-likeness (QED) is 0.818. The van der Waals surface area contributed by atoms with Crippen LogP contribution in [0.15, 0.2) is 23.1 Å². The van der Waals surface area contributed by atoms with Gasteiger partial charge in [0.25, 0.3) is 0 Å². The molecule has 0 saturated carbocycles. The molecule has 0 aliphatic rings. The molecule has 0 aliphatic carbocycles. The first-order valence-corrected chi connectivity index (χ1v) is 9.63. The van der Waals surface area contributed by atoms with Crippen molar-refractivity contribution in [2.75, 3.05) is 0 Å². The number of unbranched alkanes of at least 4 members (excludes halogenated alkanes) is 1. The van der Waals surface area contributed by atoms with E-state index in [0.29, 0.717) is 12.0 Å². The molecular formula is C18H29NO3S. The minimum Gasteiger partial charge on any atom is -0.299 e. The van der Waals surface area contributed by atoms with E-state index in [0.717, 1.165) is 18.4 Å². The number of Topliss-reactive ketones (excluding diaryl/α,β-unsaturated/α-hetero) is 1. The summed E-state index contributed by atoms with van der Waals surface area (Å²) in [7, 11) is -3.67. The third kappa shape index (κ3) is 5.74. The predicted octanol–water partition coefficient (Wildman–Crippen LogP) is 3.93. The van der Waals surface area contributed by atoms with Crippen LogP contribution in [0.5, 0.6) is 0 Å². The van der Waals surface area contributed by atoms with Crippen LogP contribution in [0, 0.1) is 6.92 Å². The van der Waals surface area contributed by atoms with Gasteiger partial charge >= 0.3 is 0 Å². The van der Waals surface area contributed by atoms with Crippen LogP contribution in [0.1, 0.15) is 70.9 Å². The highest BCUT2D eigenvalue weighted by Crippen LogP contribution is 2.28. The Bertz CT molecular complexity index is 657. The monoisotopic (exact) mass is 339 g/mol. The Balaban J connectivity index is 3.28. The average Bonchev–Trinajstić information content (AvgIpc) is 2.40. The Kier molecular flexibility index (Phi) is 6.54. The maximum atomic E-state index is 12.7. The number of carbonyl (C=O) groups is 1. The third-order valence-electron chi connectivity index (χ3n) is 3.62. The van der Waals surface area contributed by atoms with Gasteiger partial charge in [-0.15, -0.1) is 0 Å². The van der Waals surface area contributed by atoms with E-state index < -0.39 is 21.5 Å². The minimum atomic E-state index is -3.67. The fourth-order valence-corrected chi connectivity index (χ4v) is 4.16. The van der Waals surface area contributed by atoms with Crippen molar-refractivity contribution >= 4 is 15.8 Å². The number of nitrogens with one attached hydrogen (secondary N) is 1. The summed E-state index contributed by atoms with van der Waals surface area (Å²) in [6, 6.07) is 5.18. The molecule has 0 fully saturated rings. The second-order valence-electron chi connectivity index (χ2n) is 7.19. The average molecular weight is 340 g/mol. The zero-order chi connectivity index (χ0) is 17.8. The number of hydrogen-bond acceptors (Lipinski definition) is 3. The first kappa shape index (κ1) is 19.8. The number of carbonyl (C=O) groups excluding carboxylic acids is 1. The van der Waals surface area contributed by atoms with Crippen molar-refractivity contribution in [1.82, 2.24) is 4.72 Å². The summed E-state index contributed by atoms with van der Waals surface area (Å²) in [4.78, 5) is 12.6. The molecule has 1 aromatic rings. The highest BCUT2D eigenvalue weighted by molar-refractivity contribution is 7.89. The van der Waals surface area contributed by atoms with Gasteiger partial charge < -0.3 is 0 Å². The number of sulfonamides is 1. The second-order valence-corrected chi connectivity index (χ2v) is 8.84.